The summed E-state index contributed by atoms with van der Waals surface area (Å²) in [6.45, 7) is 4.05. The maximum absolute atomic E-state index is 13.7. The Labute approximate surface area is 191 Å². The van der Waals surface area contributed by atoms with Gasteiger partial charge < -0.3 is 20.1 Å². The van der Waals surface area contributed by atoms with Crippen LogP contribution in [0.4, 0.5) is 10.7 Å². The molecule has 2 aliphatic heterocycles. The first-order chi connectivity index (χ1) is 16.0. The van der Waals surface area contributed by atoms with E-state index in [0.29, 0.717) is 56.3 Å². The van der Waals surface area contributed by atoms with Gasteiger partial charge in [-0.2, -0.15) is 4.98 Å². The van der Waals surface area contributed by atoms with Crippen molar-refractivity contribution in [1.29, 1.82) is 0 Å². The molecule has 1 amide bonds. The molecule has 0 radical (unpaired) electrons. The van der Waals surface area contributed by atoms with Gasteiger partial charge in [-0.3, -0.25) is 9.36 Å². The number of carbonyl (C=O) groups is 1. The van der Waals surface area contributed by atoms with E-state index in [9.17, 15) is 9.59 Å². The molecule has 4 heterocycles. The number of fused-ring (bicyclic) bond motifs is 1. The third kappa shape index (κ3) is 4.16. The SMILES string of the molecule is Cc1ccccc1-c1cc2cnc(NC3CCN(C(=O)O)CC3)nc2n([C@@H]2CCOC2)c1=O. The fourth-order valence-corrected chi connectivity index (χ4v) is 4.72. The van der Waals surface area contributed by atoms with Crippen molar-refractivity contribution < 1.29 is 14.6 Å². The normalized spacial score (nSPS) is 19.2. The summed E-state index contributed by atoms with van der Waals surface area (Å²) in [4.78, 5) is 35.5. The maximum atomic E-state index is 13.7. The molecule has 33 heavy (non-hydrogen) atoms. The van der Waals surface area contributed by atoms with Crippen LogP contribution in [0.1, 0.15) is 30.9 Å². The molecule has 0 aliphatic carbocycles. The van der Waals surface area contributed by atoms with E-state index in [0.717, 1.165) is 22.9 Å². The van der Waals surface area contributed by atoms with Crippen LogP contribution in [0.15, 0.2) is 41.3 Å². The lowest BCUT2D eigenvalue weighted by Crippen LogP contribution is -2.41. The molecule has 2 aliphatic rings. The molecule has 9 heteroatoms. The lowest BCUT2D eigenvalue weighted by Gasteiger charge is -2.30. The fourth-order valence-electron chi connectivity index (χ4n) is 4.72. The van der Waals surface area contributed by atoms with Gasteiger partial charge in [-0.25, -0.2) is 9.78 Å². The number of nitrogens with zero attached hydrogens (tertiary/aromatic N) is 4. The molecule has 5 rings (SSSR count). The van der Waals surface area contributed by atoms with E-state index in [2.05, 4.69) is 10.3 Å². The molecular weight excluding hydrogens is 422 g/mol. The van der Waals surface area contributed by atoms with Gasteiger partial charge in [0.2, 0.25) is 5.95 Å². The Kier molecular flexibility index (Phi) is 5.72. The van der Waals surface area contributed by atoms with Crippen LogP contribution in [-0.2, 0) is 4.74 Å². The molecule has 172 valence electrons. The molecule has 1 aromatic carbocycles. The van der Waals surface area contributed by atoms with Crippen molar-refractivity contribution in [3.8, 4) is 11.1 Å². The zero-order chi connectivity index (χ0) is 22.9. The van der Waals surface area contributed by atoms with Gasteiger partial charge in [-0.15, -0.1) is 0 Å². The van der Waals surface area contributed by atoms with Crippen molar-refractivity contribution in [3.63, 3.8) is 0 Å². The average molecular weight is 450 g/mol. The molecule has 9 nitrogen and oxygen atoms in total. The number of aryl methyl sites for hydroxylation is 1. The summed E-state index contributed by atoms with van der Waals surface area (Å²) >= 11 is 0. The predicted octanol–water partition coefficient (Wildman–Crippen LogP) is 3.28. The Bertz CT molecular complexity index is 1240. The van der Waals surface area contributed by atoms with Crippen molar-refractivity contribution in [2.75, 3.05) is 31.6 Å². The number of carboxylic acid groups (broad SMARTS) is 1. The lowest BCUT2D eigenvalue weighted by molar-refractivity contribution is 0.133. The molecule has 0 saturated carbocycles. The number of pyridine rings is 1. The average Bonchev–Trinajstić information content (AvgIpc) is 3.34. The number of piperidine rings is 1. The molecule has 0 bridgehead atoms. The molecule has 1 atom stereocenters. The van der Waals surface area contributed by atoms with Crippen molar-refractivity contribution in [1.82, 2.24) is 19.4 Å². The molecule has 0 unspecified atom stereocenters. The van der Waals surface area contributed by atoms with Crippen LogP contribution in [-0.4, -0.2) is 63.0 Å². The van der Waals surface area contributed by atoms with Gasteiger partial charge in [0.25, 0.3) is 5.56 Å². The second kappa shape index (κ2) is 8.82. The van der Waals surface area contributed by atoms with Gasteiger partial charge in [-0.05, 0) is 43.4 Å². The van der Waals surface area contributed by atoms with Gasteiger partial charge in [0.05, 0.1) is 12.6 Å². The van der Waals surface area contributed by atoms with E-state index in [1.54, 1.807) is 10.8 Å². The van der Waals surface area contributed by atoms with Crippen LogP contribution in [0, 0.1) is 6.92 Å². The maximum Gasteiger partial charge on any atom is 0.407 e. The van der Waals surface area contributed by atoms with Gasteiger partial charge in [0.1, 0.15) is 5.65 Å². The Morgan fingerprint density at radius 1 is 1.18 bits per heavy atom. The van der Waals surface area contributed by atoms with Crippen LogP contribution in [0.25, 0.3) is 22.2 Å². The van der Waals surface area contributed by atoms with Crippen LogP contribution < -0.4 is 10.9 Å². The number of benzene rings is 1. The highest BCUT2D eigenvalue weighted by atomic mass is 16.5. The Hall–Kier alpha value is -3.46. The minimum atomic E-state index is -0.886. The molecule has 2 saturated heterocycles. The molecule has 2 N–H and O–H groups in total. The second-order valence-electron chi connectivity index (χ2n) is 8.73. The summed E-state index contributed by atoms with van der Waals surface area (Å²) in [5.41, 5.74) is 3.09. The van der Waals surface area contributed by atoms with Crippen molar-refractivity contribution in [2.45, 2.75) is 38.3 Å². The monoisotopic (exact) mass is 449 g/mol. The molecule has 2 fully saturated rings. The number of rotatable bonds is 4. The molecule has 2 aromatic heterocycles. The number of anilines is 1. The van der Waals surface area contributed by atoms with E-state index in [1.807, 2.05) is 37.3 Å². The number of amides is 1. The topological polar surface area (TPSA) is 110 Å². The number of likely N-dealkylation sites (tertiary alicyclic amines) is 1. The molecule has 0 spiro atoms. The highest BCUT2D eigenvalue weighted by Gasteiger charge is 2.25. The van der Waals surface area contributed by atoms with Gasteiger partial charge in [0.15, 0.2) is 0 Å². The first kappa shape index (κ1) is 21.4. The van der Waals surface area contributed by atoms with Crippen LogP contribution >= 0.6 is 0 Å². The summed E-state index contributed by atoms with van der Waals surface area (Å²) in [7, 11) is 0. The summed E-state index contributed by atoms with van der Waals surface area (Å²) in [5, 5.41) is 13.3. The van der Waals surface area contributed by atoms with E-state index in [-0.39, 0.29) is 17.6 Å². The number of nitrogens with one attached hydrogen (secondary N) is 1. The highest BCUT2D eigenvalue weighted by molar-refractivity contribution is 5.82. The quantitative estimate of drug-likeness (QED) is 0.629. The van der Waals surface area contributed by atoms with Crippen LogP contribution in [0.3, 0.4) is 0 Å². The third-order valence-corrected chi connectivity index (χ3v) is 6.58. The minimum Gasteiger partial charge on any atom is -0.465 e. The Morgan fingerprint density at radius 3 is 2.67 bits per heavy atom. The van der Waals surface area contributed by atoms with Crippen molar-refractivity contribution >= 4 is 23.1 Å². The number of hydrogen-bond donors (Lipinski definition) is 2. The number of ether oxygens (including phenoxy) is 1. The van der Waals surface area contributed by atoms with Gasteiger partial charge >= 0.3 is 6.09 Å². The lowest BCUT2D eigenvalue weighted by atomic mass is 10.0. The van der Waals surface area contributed by atoms with Crippen molar-refractivity contribution in [2.24, 2.45) is 0 Å². The zero-order valence-corrected chi connectivity index (χ0v) is 18.5. The minimum absolute atomic E-state index is 0.0771. The van der Waals surface area contributed by atoms with Crippen LogP contribution in [0.5, 0.6) is 0 Å². The highest BCUT2D eigenvalue weighted by Crippen LogP contribution is 2.28. The first-order valence-electron chi connectivity index (χ1n) is 11.3. The van der Waals surface area contributed by atoms with Crippen molar-refractivity contribution in [3.05, 3.63) is 52.4 Å². The molecule has 3 aromatic rings. The number of hydrogen-bond acceptors (Lipinski definition) is 6. The first-order valence-corrected chi connectivity index (χ1v) is 11.3. The van der Waals surface area contributed by atoms with Gasteiger partial charge in [0, 0.05) is 42.9 Å². The largest absolute Gasteiger partial charge is 0.465 e. The summed E-state index contributed by atoms with van der Waals surface area (Å²) in [5.74, 6) is 0.451. The number of aromatic nitrogens is 3. The van der Waals surface area contributed by atoms with E-state index in [4.69, 9.17) is 14.8 Å². The summed E-state index contributed by atoms with van der Waals surface area (Å²) < 4.78 is 7.36. The summed E-state index contributed by atoms with van der Waals surface area (Å²) in [6.07, 6.45) is 2.99. The standard InChI is InChI=1S/C24H27N5O4/c1-15-4-2-3-5-19(15)20-12-16-13-25-23(26-17-6-9-28(10-7-17)24(31)32)27-21(16)29(22(20)30)18-8-11-33-14-18/h2-5,12-13,17-18H,6-11,14H2,1H3,(H,31,32)(H,25,26,27)/t18-/m1/s1. The zero-order valence-electron chi connectivity index (χ0n) is 18.5. The smallest absolute Gasteiger partial charge is 0.407 e. The van der Waals surface area contributed by atoms with E-state index < -0.39 is 6.09 Å². The molecular formula is C24H27N5O4. The van der Waals surface area contributed by atoms with E-state index >= 15 is 0 Å². The third-order valence-electron chi connectivity index (χ3n) is 6.58. The Balaban J connectivity index is 1.53. The van der Waals surface area contributed by atoms with Gasteiger partial charge in [-0.1, -0.05) is 24.3 Å². The second-order valence-corrected chi connectivity index (χ2v) is 8.73. The summed E-state index contributed by atoms with van der Waals surface area (Å²) in [6, 6.07) is 9.75. The van der Waals surface area contributed by atoms with Crippen LogP contribution in [0.2, 0.25) is 0 Å². The Morgan fingerprint density at radius 2 is 1.97 bits per heavy atom. The predicted molar refractivity (Wildman–Crippen MR) is 125 cm³/mol. The van der Waals surface area contributed by atoms with E-state index in [1.165, 1.54) is 4.90 Å². The fraction of sp³-hybridized carbons (Fsp3) is 0.417.